The van der Waals surface area contributed by atoms with E-state index >= 15 is 0 Å². The van der Waals surface area contributed by atoms with Crippen molar-refractivity contribution in [3.05, 3.63) is 64.7 Å². The molecule has 168 valence electrons. The van der Waals surface area contributed by atoms with Crippen LogP contribution in [0.2, 0.25) is 0 Å². The number of guanidine groups is 1. The van der Waals surface area contributed by atoms with Gasteiger partial charge in [-0.2, -0.15) is 0 Å². The molecular formula is C23H29F2N3O2S. The van der Waals surface area contributed by atoms with E-state index in [1.54, 1.807) is 26.1 Å². The highest BCUT2D eigenvalue weighted by Crippen LogP contribution is 2.42. The van der Waals surface area contributed by atoms with Crippen molar-refractivity contribution >= 4 is 15.8 Å². The lowest BCUT2D eigenvalue weighted by Crippen LogP contribution is -2.45. The number of aryl methyl sites for hydroxylation is 1. The van der Waals surface area contributed by atoms with Gasteiger partial charge in [-0.25, -0.2) is 17.2 Å². The third kappa shape index (κ3) is 5.23. The summed E-state index contributed by atoms with van der Waals surface area (Å²) in [5.74, 6) is -0.492. The fourth-order valence-corrected chi connectivity index (χ4v) is 5.43. The molecule has 1 fully saturated rings. The number of sulfone groups is 1. The summed E-state index contributed by atoms with van der Waals surface area (Å²) < 4.78 is 52.6. The highest BCUT2D eigenvalue weighted by atomic mass is 32.2. The normalized spacial score (nSPS) is 16.4. The van der Waals surface area contributed by atoms with Gasteiger partial charge >= 0.3 is 0 Å². The molecule has 0 heterocycles. The van der Waals surface area contributed by atoms with Crippen molar-refractivity contribution in [3.8, 4) is 0 Å². The van der Waals surface area contributed by atoms with Crippen LogP contribution in [0.5, 0.6) is 0 Å². The fourth-order valence-electron chi connectivity index (χ4n) is 4.47. The minimum Gasteiger partial charge on any atom is -0.356 e. The summed E-state index contributed by atoms with van der Waals surface area (Å²) >= 11 is 0. The molecule has 0 bridgehead atoms. The topological polar surface area (TPSA) is 70.6 Å². The van der Waals surface area contributed by atoms with Crippen LogP contribution >= 0.6 is 0 Å². The van der Waals surface area contributed by atoms with Crippen molar-refractivity contribution in [2.45, 2.75) is 49.5 Å². The molecule has 0 radical (unpaired) electrons. The molecule has 0 spiro atoms. The number of hydrogen-bond acceptors (Lipinski definition) is 3. The summed E-state index contributed by atoms with van der Waals surface area (Å²) in [4.78, 5) is 4.54. The van der Waals surface area contributed by atoms with Gasteiger partial charge in [0.2, 0.25) is 0 Å². The molecule has 0 atom stereocenters. The van der Waals surface area contributed by atoms with Gasteiger partial charge in [-0.1, -0.05) is 31.0 Å². The fraction of sp³-hybridized carbons (Fsp3) is 0.435. The van der Waals surface area contributed by atoms with Crippen LogP contribution in [0.25, 0.3) is 0 Å². The van der Waals surface area contributed by atoms with E-state index in [-0.39, 0.29) is 5.56 Å². The summed E-state index contributed by atoms with van der Waals surface area (Å²) in [5.41, 5.74) is 1.14. The van der Waals surface area contributed by atoms with E-state index in [2.05, 4.69) is 15.6 Å². The number of nitrogens with zero attached hydrogens (tertiary/aromatic N) is 1. The molecule has 1 aliphatic rings. The molecule has 2 aromatic rings. The maximum Gasteiger partial charge on any atom is 0.191 e. The number of rotatable bonds is 6. The van der Waals surface area contributed by atoms with E-state index < -0.39 is 26.9 Å². The Labute approximate surface area is 182 Å². The largest absolute Gasteiger partial charge is 0.356 e. The first kappa shape index (κ1) is 23.2. The molecule has 0 unspecified atom stereocenters. The zero-order valence-corrected chi connectivity index (χ0v) is 19.0. The lowest BCUT2D eigenvalue weighted by molar-refractivity contribution is 0.386. The third-order valence-corrected chi connectivity index (χ3v) is 7.23. The maximum absolute atomic E-state index is 14.5. The van der Waals surface area contributed by atoms with Crippen molar-refractivity contribution in [2.24, 2.45) is 4.99 Å². The maximum atomic E-state index is 14.5. The molecule has 1 saturated carbocycles. The smallest absolute Gasteiger partial charge is 0.191 e. The van der Waals surface area contributed by atoms with Gasteiger partial charge in [-0.05, 0) is 49.1 Å². The van der Waals surface area contributed by atoms with Crippen molar-refractivity contribution in [2.75, 3.05) is 19.8 Å². The van der Waals surface area contributed by atoms with Crippen LogP contribution in [0.1, 0.15) is 42.4 Å². The molecule has 2 aromatic carbocycles. The first-order chi connectivity index (χ1) is 14.7. The predicted molar refractivity (Wildman–Crippen MR) is 119 cm³/mol. The minimum atomic E-state index is -3.26. The first-order valence-electron chi connectivity index (χ1n) is 10.3. The molecule has 0 amide bonds. The van der Waals surface area contributed by atoms with E-state index in [0.717, 1.165) is 18.4 Å². The lowest BCUT2D eigenvalue weighted by atomic mass is 9.78. The Bertz CT molecular complexity index is 1060. The second kappa shape index (κ2) is 9.34. The number of halogens is 2. The van der Waals surface area contributed by atoms with Gasteiger partial charge in [0, 0.05) is 37.4 Å². The molecule has 8 heteroatoms. The van der Waals surface area contributed by atoms with Crippen LogP contribution in [0.15, 0.2) is 46.3 Å². The van der Waals surface area contributed by atoms with Gasteiger partial charge in [0.1, 0.15) is 11.6 Å². The number of benzene rings is 2. The van der Waals surface area contributed by atoms with Gasteiger partial charge < -0.3 is 10.6 Å². The predicted octanol–water partition coefficient (Wildman–Crippen LogP) is 3.85. The highest BCUT2D eigenvalue weighted by molar-refractivity contribution is 7.90. The second-order valence-electron chi connectivity index (χ2n) is 8.24. The van der Waals surface area contributed by atoms with Crippen LogP contribution in [0, 0.1) is 18.6 Å². The highest BCUT2D eigenvalue weighted by Gasteiger charge is 2.39. The quantitative estimate of drug-likeness (QED) is 0.519. The molecule has 1 aliphatic carbocycles. The van der Waals surface area contributed by atoms with Crippen LogP contribution in [-0.2, 0) is 21.8 Å². The van der Waals surface area contributed by atoms with E-state index in [1.165, 1.54) is 24.5 Å². The standard InChI is InChI=1S/C23H29F2N3O2S/c1-16-13-17(9-10-20(16)31(3,29)30)14-27-22(26-2)28-15-23(11-4-5-12-23)21-18(24)7-6-8-19(21)25/h6-10,13H,4-5,11-12,14-15H2,1-3H3,(H2,26,27,28). The van der Waals surface area contributed by atoms with Crippen LogP contribution in [0.4, 0.5) is 8.78 Å². The van der Waals surface area contributed by atoms with Gasteiger partial charge in [0.25, 0.3) is 0 Å². The van der Waals surface area contributed by atoms with Gasteiger partial charge in [-0.15, -0.1) is 0 Å². The Morgan fingerprint density at radius 2 is 1.74 bits per heavy atom. The first-order valence-corrected chi connectivity index (χ1v) is 12.2. The van der Waals surface area contributed by atoms with E-state index in [9.17, 15) is 17.2 Å². The molecule has 0 saturated heterocycles. The Balaban J connectivity index is 1.69. The van der Waals surface area contributed by atoms with E-state index in [1.807, 2.05) is 6.07 Å². The average molecular weight is 450 g/mol. The summed E-state index contributed by atoms with van der Waals surface area (Å²) in [6.07, 6.45) is 4.46. The molecule has 3 rings (SSSR count). The molecule has 0 aliphatic heterocycles. The van der Waals surface area contributed by atoms with Gasteiger partial charge in [0.05, 0.1) is 4.90 Å². The van der Waals surface area contributed by atoms with Gasteiger partial charge in [0.15, 0.2) is 15.8 Å². The Morgan fingerprint density at radius 3 is 2.29 bits per heavy atom. The van der Waals surface area contributed by atoms with Crippen LogP contribution in [0.3, 0.4) is 0 Å². The van der Waals surface area contributed by atoms with Crippen molar-refractivity contribution in [1.82, 2.24) is 10.6 Å². The van der Waals surface area contributed by atoms with Crippen LogP contribution < -0.4 is 10.6 Å². The lowest BCUT2D eigenvalue weighted by Gasteiger charge is -2.31. The number of nitrogens with one attached hydrogen (secondary N) is 2. The molecule has 5 nitrogen and oxygen atoms in total. The summed E-state index contributed by atoms with van der Waals surface area (Å²) in [5, 5.41) is 6.43. The summed E-state index contributed by atoms with van der Waals surface area (Å²) in [6, 6.07) is 9.21. The monoisotopic (exact) mass is 449 g/mol. The zero-order valence-electron chi connectivity index (χ0n) is 18.1. The molecule has 31 heavy (non-hydrogen) atoms. The summed E-state index contributed by atoms with van der Waals surface area (Å²) in [6.45, 7) is 2.57. The van der Waals surface area contributed by atoms with Crippen molar-refractivity contribution < 1.29 is 17.2 Å². The van der Waals surface area contributed by atoms with Crippen molar-refractivity contribution in [1.29, 1.82) is 0 Å². The summed E-state index contributed by atoms with van der Waals surface area (Å²) in [7, 11) is -1.63. The Kier molecular flexibility index (Phi) is 6.99. The van der Waals surface area contributed by atoms with Gasteiger partial charge in [-0.3, -0.25) is 4.99 Å². The minimum absolute atomic E-state index is 0.155. The number of hydrogen-bond donors (Lipinski definition) is 2. The van der Waals surface area contributed by atoms with Crippen molar-refractivity contribution in [3.63, 3.8) is 0 Å². The molecular weight excluding hydrogens is 420 g/mol. The third-order valence-electron chi connectivity index (χ3n) is 5.97. The van der Waals surface area contributed by atoms with E-state index in [0.29, 0.717) is 42.3 Å². The number of aliphatic imine (C=N–C) groups is 1. The van der Waals surface area contributed by atoms with Crippen LogP contribution in [-0.4, -0.2) is 34.2 Å². The molecule has 0 aromatic heterocycles. The van der Waals surface area contributed by atoms with E-state index in [4.69, 9.17) is 0 Å². The Hall–Kier alpha value is -2.48. The zero-order chi connectivity index (χ0) is 22.6. The Morgan fingerprint density at radius 1 is 1.10 bits per heavy atom. The SMILES string of the molecule is CN=C(NCc1ccc(S(C)(=O)=O)c(C)c1)NCC1(c2c(F)cccc2F)CCCC1. The second-order valence-corrected chi connectivity index (χ2v) is 10.2. The molecule has 2 N–H and O–H groups in total. The average Bonchev–Trinajstić information content (AvgIpc) is 3.16.